The van der Waals surface area contributed by atoms with Crippen molar-refractivity contribution < 1.29 is 0 Å². The third-order valence-electron chi connectivity index (χ3n) is 3.36. The van der Waals surface area contributed by atoms with Crippen molar-refractivity contribution in [2.45, 2.75) is 19.5 Å². The van der Waals surface area contributed by atoms with Crippen LogP contribution < -0.4 is 10.6 Å². The zero-order chi connectivity index (χ0) is 8.55. The van der Waals surface area contributed by atoms with Gasteiger partial charge in [-0.15, -0.1) is 0 Å². The first-order valence-electron chi connectivity index (χ1n) is 4.93. The zero-order valence-electron chi connectivity index (χ0n) is 8.01. The van der Waals surface area contributed by atoms with Crippen molar-refractivity contribution in [3.05, 3.63) is 0 Å². The van der Waals surface area contributed by atoms with Gasteiger partial charge in [0.1, 0.15) is 0 Å². The van der Waals surface area contributed by atoms with E-state index < -0.39 is 0 Å². The van der Waals surface area contributed by atoms with Crippen LogP contribution in [0.15, 0.2) is 0 Å². The summed E-state index contributed by atoms with van der Waals surface area (Å²) in [5, 5.41) is 6.91. The first kappa shape index (κ1) is 8.48. The van der Waals surface area contributed by atoms with Crippen molar-refractivity contribution in [3.8, 4) is 0 Å². The van der Waals surface area contributed by atoms with Crippen molar-refractivity contribution >= 4 is 0 Å². The number of fused-ring (bicyclic) bond motifs is 1. The molecule has 2 fully saturated rings. The molecule has 0 bridgehead atoms. The van der Waals surface area contributed by atoms with Gasteiger partial charge in [0.15, 0.2) is 0 Å². The van der Waals surface area contributed by atoms with E-state index in [2.05, 4.69) is 29.5 Å². The lowest BCUT2D eigenvalue weighted by Gasteiger charge is -2.46. The minimum atomic E-state index is 0.620. The Morgan fingerprint density at radius 3 is 3.00 bits per heavy atom. The van der Waals surface area contributed by atoms with Crippen LogP contribution in [0.3, 0.4) is 0 Å². The zero-order valence-corrected chi connectivity index (χ0v) is 8.01. The summed E-state index contributed by atoms with van der Waals surface area (Å²) in [5.41, 5.74) is 0. The molecule has 2 N–H and O–H groups in total. The van der Waals surface area contributed by atoms with Crippen LogP contribution in [0.2, 0.25) is 0 Å². The monoisotopic (exact) mass is 169 g/mol. The molecule has 2 saturated heterocycles. The van der Waals surface area contributed by atoms with Crippen molar-refractivity contribution in [1.82, 2.24) is 15.5 Å². The summed E-state index contributed by atoms with van der Waals surface area (Å²) in [6, 6.07) is 0. The van der Waals surface area contributed by atoms with Gasteiger partial charge in [-0.2, -0.15) is 0 Å². The number of nitrogens with one attached hydrogen (secondary N) is 2. The predicted octanol–water partition coefficient (Wildman–Crippen LogP) is 0.0506. The van der Waals surface area contributed by atoms with Crippen molar-refractivity contribution in [1.29, 1.82) is 0 Å². The van der Waals surface area contributed by atoms with Crippen LogP contribution in [0.25, 0.3) is 0 Å². The molecular formula is C9H19N3. The average molecular weight is 169 g/mol. The Bertz CT molecular complexity index is 142. The maximum atomic E-state index is 3.52. The summed E-state index contributed by atoms with van der Waals surface area (Å²) in [7, 11) is 2.22. The highest BCUT2D eigenvalue weighted by molar-refractivity contribution is 4.88. The third-order valence-corrected chi connectivity index (χ3v) is 3.36. The molecule has 3 unspecified atom stereocenters. The van der Waals surface area contributed by atoms with E-state index >= 15 is 0 Å². The van der Waals surface area contributed by atoms with Crippen LogP contribution in [-0.2, 0) is 0 Å². The van der Waals surface area contributed by atoms with Crippen LogP contribution in [0, 0.1) is 11.8 Å². The average Bonchev–Trinajstić information content (AvgIpc) is 2.12. The fourth-order valence-corrected chi connectivity index (χ4v) is 2.43. The lowest BCUT2D eigenvalue weighted by Crippen LogP contribution is -2.62. The number of nitrogens with zero attached hydrogens (tertiary/aromatic N) is 1. The van der Waals surface area contributed by atoms with E-state index in [1.165, 1.54) is 19.5 Å². The Morgan fingerprint density at radius 2 is 2.25 bits per heavy atom. The highest BCUT2D eigenvalue weighted by Crippen LogP contribution is 2.27. The molecule has 3 atom stereocenters. The molecule has 0 amide bonds. The number of piperidine rings is 1. The number of hydrogen-bond donors (Lipinski definition) is 2. The van der Waals surface area contributed by atoms with Gasteiger partial charge in [0.05, 0.1) is 6.17 Å². The van der Waals surface area contributed by atoms with Crippen LogP contribution in [0.1, 0.15) is 13.3 Å². The van der Waals surface area contributed by atoms with Gasteiger partial charge in [-0.1, -0.05) is 6.92 Å². The van der Waals surface area contributed by atoms with Crippen LogP contribution in [0.5, 0.6) is 0 Å². The molecule has 0 aromatic rings. The Kier molecular flexibility index (Phi) is 2.35. The summed E-state index contributed by atoms with van der Waals surface area (Å²) in [6.45, 7) is 5.77. The molecule has 2 heterocycles. The summed E-state index contributed by atoms with van der Waals surface area (Å²) in [5.74, 6) is 1.67. The van der Waals surface area contributed by atoms with Gasteiger partial charge in [-0.25, -0.2) is 0 Å². The van der Waals surface area contributed by atoms with Gasteiger partial charge in [0, 0.05) is 19.1 Å². The lowest BCUT2D eigenvalue weighted by molar-refractivity contribution is 0.0331. The van der Waals surface area contributed by atoms with E-state index in [-0.39, 0.29) is 0 Å². The molecular weight excluding hydrogens is 150 g/mol. The fourth-order valence-electron chi connectivity index (χ4n) is 2.43. The van der Waals surface area contributed by atoms with E-state index in [9.17, 15) is 0 Å². The second-order valence-electron chi connectivity index (χ2n) is 4.19. The van der Waals surface area contributed by atoms with Crippen molar-refractivity contribution in [2.75, 3.05) is 26.8 Å². The summed E-state index contributed by atoms with van der Waals surface area (Å²) in [6.07, 6.45) is 1.97. The van der Waals surface area contributed by atoms with Gasteiger partial charge in [-0.3, -0.25) is 10.2 Å². The molecule has 0 radical (unpaired) electrons. The number of hydrogen-bond acceptors (Lipinski definition) is 3. The van der Waals surface area contributed by atoms with Crippen molar-refractivity contribution in [3.63, 3.8) is 0 Å². The van der Waals surface area contributed by atoms with E-state index in [0.717, 1.165) is 18.5 Å². The first-order valence-corrected chi connectivity index (χ1v) is 4.93. The Balaban J connectivity index is 2.05. The molecule has 0 saturated carbocycles. The Hall–Kier alpha value is -0.120. The van der Waals surface area contributed by atoms with Gasteiger partial charge >= 0.3 is 0 Å². The molecule has 3 nitrogen and oxygen atoms in total. The molecule has 3 heteroatoms. The highest BCUT2D eigenvalue weighted by Gasteiger charge is 2.35. The van der Waals surface area contributed by atoms with E-state index in [1.807, 2.05) is 0 Å². The quantitative estimate of drug-likeness (QED) is 0.536. The molecule has 2 aliphatic heterocycles. The molecule has 2 rings (SSSR count). The summed E-state index contributed by atoms with van der Waals surface area (Å²) >= 11 is 0. The highest BCUT2D eigenvalue weighted by atomic mass is 15.3. The maximum Gasteiger partial charge on any atom is 0.0648 e. The smallest absolute Gasteiger partial charge is 0.0648 e. The second-order valence-corrected chi connectivity index (χ2v) is 4.19. The van der Waals surface area contributed by atoms with E-state index in [1.54, 1.807) is 0 Å². The topological polar surface area (TPSA) is 27.3 Å². The summed E-state index contributed by atoms with van der Waals surface area (Å²) < 4.78 is 0. The molecule has 0 aromatic carbocycles. The number of likely N-dealkylation sites (tertiary alicyclic amines) is 1. The van der Waals surface area contributed by atoms with Gasteiger partial charge in [0.25, 0.3) is 0 Å². The molecule has 0 spiro atoms. The standard InChI is InChI=1S/C9H19N3/c1-7-3-4-12(2)9-8(7)5-10-6-11-9/h7-11H,3-6H2,1-2H3. The number of rotatable bonds is 0. The molecule has 12 heavy (non-hydrogen) atoms. The van der Waals surface area contributed by atoms with Crippen LogP contribution >= 0.6 is 0 Å². The fraction of sp³-hybridized carbons (Fsp3) is 1.00. The van der Waals surface area contributed by atoms with Crippen molar-refractivity contribution in [2.24, 2.45) is 11.8 Å². The maximum absolute atomic E-state index is 3.52. The third kappa shape index (κ3) is 1.37. The Labute approximate surface area is 74.5 Å². The van der Waals surface area contributed by atoms with Crippen LogP contribution in [0.4, 0.5) is 0 Å². The first-order chi connectivity index (χ1) is 5.79. The second kappa shape index (κ2) is 3.32. The van der Waals surface area contributed by atoms with Gasteiger partial charge in [-0.05, 0) is 25.9 Å². The summed E-state index contributed by atoms with van der Waals surface area (Å²) in [4.78, 5) is 2.45. The van der Waals surface area contributed by atoms with Gasteiger partial charge in [0.2, 0.25) is 0 Å². The normalized spacial score (nSPS) is 44.0. The molecule has 70 valence electrons. The minimum absolute atomic E-state index is 0.620. The molecule has 0 aliphatic carbocycles. The minimum Gasteiger partial charge on any atom is -0.304 e. The predicted molar refractivity (Wildman–Crippen MR) is 49.7 cm³/mol. The SMILES string of the molecule is CC1CCN(C)C2NCNCC12. The molecule has 2 aliphatic rings. The largest absolute Gasteiger partial charge is 0.304 e. The van der Waals surface area contributed by atoms with Crippen LogP contribution in [-0.4, -0.2) is 37.9 Å². The van der Waals surface area contributed by atoms with Gasteiger partial charge < -0.3 is 5.32 Å². The molecule has 0 aromatic heterocycles. The lowest BCUT2D eigenvalue weighted by atomic mass is 9.83. The van der Waals surface area contributed by atoms with E-state index in [4.69, 9.17) is 0 Å². The Morgan fingerprint density at radius 1 is 1.42 bits per heavy atom. The van der Waals surface area contributed by atoms with E-state index in [0.29, 0.717) is 6.17 Å².